The second-order valence-electron chi connectivity index (χ2n) is 7.23. The van der Waals surface area contributed by atoms with E-state index in [4.69, 9.17) is 11.6 Å². The lowest BCUT2D eigenvalue weighted by molar-refractivity contribution is 0.102. The summed E-state index contributed by atoms with van der Waals surface area (Å²) in [5.74, 6) is 1.04. The number of carbonyl (C=O) groups excluding carboxylic acids is 1. The maximum atomic E-state index is 12.8. The van der Waals surface area contributed by atoms with Crippen molar-refractivity contribution in [2.24, 2.45) is 0 Å². The second-order valence-corrected chi connectivity index (χ2v) is 10.8. The zero-order valence-corrected chi connectivity index (χ0v) is 21.1. The molecule has 0 spiro atoms. The quantitative estimate of drug-likeness (QED) is 0.165. The number of nitrogens with one attached hydrogen (secondary N) is 1. The fourth-order valence-electron chi connectivity index (χ4n) is 2.83. The molecule has 2 aromatic heterocycles. The standard InChI is InChI=1S/C23H20ClN5OS3/c1-14-6-8-16(9-7-14)12-32-23-29-28-22(33-23)27-20(30)19-18(24)11-25-21(26-19)31-13-17-5-3-4-15(2)10-17/h3-11H,12-13H2,1-2H3,(H,27,28,30). The fourth-order valence-corrected chi connectivity index (χ4v) is 5.47. The van der Waals surface area contributed by atoms with Crippen LogP contribution in [-0.2, 0) is 11.5 Å². The van der Waals surface area contributed by atoms with Gasteiger partial charge in [-0.2, -0.15) is 0 Å². The first kappa shape index (κ1) is 23.7. The fraction of sp³-hybridized carbons (Fsp3) is 0.174. The van der Waals surface area contributed by atoms with Crippen LogP contribution in [0.4, 0.5) is 5.13 Å². The lowest BCUT2D eigenvalue weighted by Crippen LogP contribution is -2.15. The average molecular weight is 514 g/mol. The van der Waals surface area contributed by atoms with Crippen molar-refractivity contribution in [1.82, 2.24) is 20.2 Å². The van der Waals surface area contributed by atoms with Gasteiger partial charge >= 0.3 is 0 Å². The number of benzene rings is 2. The molecule has 33 heavy (non-hydrogen) atoms. The van der Waals surface area contributed by atoms with Gasteiger partial charge in [0.1, 0.15) is 0 Å². The maximum Gasteiger partial charge on any atom is 0.277 e. The molecule has 0 aliphatic heterocycles. The molecule has 0 saturated heterocycles. The van der Waals surface area contributed by atoms with Crippen LogP contribution < -0.4 is 5.32 Å². The minimum atomic E-state index is -0.439. The molecule has 0 atom stereocenters. The van der Waals surface area contributed by atoms with Gasteiger partial charge in [-0.15, -0.1) is 10.2 Å². The lowest BCUT2D eigenvalue weighted by atomic mass is 10.2. The number of aryl methyl sites for hydroxylation is 2. The van der Waals surface area contributed by atoms with Gasteiger partial charge in [-0.1, -0.05) is 106 Å². The van der Waals surface area contributed by atoms with Crippen molar-refractivity contribution in [2.45, 2.75) is 34.8 Å². The largest absolute Gasteiger partial charge is 0.295 e. The average Bonchev–Trinajstić information content (AvgIpc) is 3.25. The Morgan fingerprint density at radius 1 is 1.00 bits per heavy atom. The van der Waals surface area contributed by atoms with E-state index in [1.807, 2.05) is 12.1 Å². The number of nitrogens with zero attached hydrogens (tertiary/aromatic N) is 4. The highest BCUT2D eigenvalue weighted by molar-refractivity contribution is 8.00. The molecule has 1 amide bonds. The van der Waals surface area contributed by atoms with E-state index in [-0.39, 0.29) is 10.7 Å². The van der Waals surface area contributed by atoms with Gasteiger partial charge in [-0.05, 0) is 25.0 Å². The van der Waals surface area contributed by atoms with Gasteiger partial charge in [0.25, 0.3) is 5.91 Å². The number of hydrogen-bond donors (Lipinski definition) is 1. The molecule has 6 nitrogen and oxygen atoms in total. The number of thioether (sulfide) groups is 2. The van der Waals surface area contributed by atoms with E-state index in [0.717, 1.165) is 15.7 Å². The lowest BCUT2D eigenvalue weighted by Gasteiger charge is -2.06. The number of amides is 1. The zero-order valence-electron chi connectivity index (χ0n) is 17.9. The van der Waals surface area contributed by atoms with E-state index in [0.29, 0.717) is 16.0 Å². The third kappa shape index (κ3) is 6.77. The molecule has 2 heterocycles. The van der Waals surface area contributed by atoms with E-state index in [1.165, 1.54) is 46.0 Å². The van der Waals surface area contributed by atoms with Crippen molar-refractivity contribution in [2.75, 3.05) is 5.32 Å². The van der Waals surface area contributed by atoms with Crippen LogP contribution in [0.25, 0.3) is 0 Å². The van der Waals surface area contributed by atoms with Crippen molar-refractivity contribution in [3.8, 4) is 0 Å². The number of halogens is 1. The van der Waals surface area contributed by atoms with Crippen LogP contribution in [0.5, 0.6) is 0 Å². The highest BCUT2D eigenvalue weighted by atomic mass is 35.5. The van der Waals surface area contributed by atoms with Crippen LogP contribution in [-0.4, -0.2) is 26.1 Å². The molecule has 2 aromatic carbocycles. The van der Waals surface area contributed by atoms with Crippen molar-refractivity contribution >= 4 is 57.5 Å². The third-order valence-corrected chi connectivity index (χ3v) is 7.75. The van der Waals surface area contributed by atoms with Crippen LogP contribution in [0.15, 0.2) is 64.2 Å². The van der Waals surface area contributed by atoms with Crippen LogP contribution in [0.3, 0.4) is 0 Å². The van der Waals surface area contributed by atoms with Crippen LogP contribution in [0.2, 0.25) is 5.02 Å². The van der Waals surface area contributed by atoms with E-state index in [9.17, 15) is 4.79 Å². The molecule has 0 saturated carbocycles. The van der Waals surface area contributed by atoms with Gasteiger partial charge in [0, 0.05) is 11.5 Å². The minimum Gasteiger partial charge on any atom is -0.295 e. The Morgan fingerprint density at radius 3 is 2.58 bits per heavy atom. The van der Waals surface area contributed by atoms with Gasteiger partial charge in [0.2, 0.25) is 5.13 Å². The molecular formula is C23H20ClN5OS3. The topological polar surface area (TPSA) is 80.7 Å². The van der Waals surface area contributed by atoms with Gasteiger partial charge < -0.3 is 0 Å². The van der Waals surface area contributed by atoms with Crippen LogP contribution in [0, 0.1) is 13.8 Å². The summed E-state index contributed by atoms with van der Waals surface area (Å²) in [4.78, 5) is 21.4. The number of carbonyl (C=O) groups is 1. The molecule has 4 aromatic rings. The monoisotopic (exact) mass is 513 g/mol. The molecule has 0 aliphatic carbocycles. The van der Waals surface area contributed by atoms with E-state index in [2.05, 4.69) is 75.7 Å². The second kappa shape index (κ2) is 11.1. The van der Waals surface area contributed by atoms with E-state index in [1.54, 1.807) is 11.8 Å². The van der Waals surface area contributed by atoms with Crippen molar-refractivity contribution < 1.29 is 4.79 Å². The predicted octanol–water partition coefficient (Wildman–Crippen LogP) is 6.44. The molecule has 4 rings (SSSR count). The molecule has 10 heteroatoms. The van der Waals surface area contributed by atoms with Gasteiger partial charge in [-0.25, -0.2) is 9.97 Å². The van der Waals surface area contributed by atoms with Gasteiger partial charge in [0.15, 0.2) is 15.2 Å². The summed E-state index contributed by atoms with van der Waals surface area (Å²) in [5.41, 5.74) is 4.90. The van der Waals surface area contributed by atoms with Gasteiger partial charge in [0.05, 0.1) is 11.2 Å². The summed E-state index contributed by atoms with van der Waals surface area (Å²) >= 11 is 10.5. The highest BCUT2D eigenvalue weighted by Gasteiger charge is 2.17. The maximum absolute atomic E-state index is 12.8. The van der Waals surface area contributed by atoms with Gasteiger partial charge in [-0.3, -0.25) is 10.1 Å². The molecule has 0 radical (unpaired) electrons. The van der Waals surface area contributed by atoms with Crippen molar-refractivity contribution in [1.29, 1.82) is 0 Å². The predicted molar refractivity (Wildman–Crippen MR) is 136 cm³/mol. The summed E-state index contributed by atoms with van der Waals surface area (Å²) < 4.78 is 0.772. The Kier molecular flexibility index (Phi) is 7.97. The third-order valence-electron chi connectivity index (χ3n) is 4.50. The summed E-state index contributed by atoms with van der Waals surface area (Å²) in [5, 5.41) is 12.0. The number of hydrogen-bond acceptors (Lipinski definition) is 8. The molecule has 0 fully saturated rings. The molecule has 0 unspecified atom stereocenters. The molecule has 1 N–H and O–H groups in total. The Morgan fingerprint density at radius 2 is 1.79 bits per heavy atom. The van der Waals surface area contributed by atoms with Crippen molar-refractivity contribution in [3.63, 3.8) is 0 Å². The summed E-state index contributed by atoms with van der Waals surface area (Å²) in [6.07, 6.45) is 1.45. The normalized spacial score (nSPS) is 10.9. The Labute approximate surface area is 209 Å². The molecule has 168 valence electrons. The number of aromatic nitrogens is 4. The molecule has 0 bridgehead atoms. The molecular weight excluding hydrogens is 494 g/mol. The minimum absolute atomic E-state index is 0.113. The molecule has 0 aliphatic rings. The Hall–Kier alpha value is -2.46. The summed E-state index contributed by atoms with van der Waals surface area (Å²) in [6.45, 7) is 4.11. The van der Waals surface area contributed by atoms with E-state index < -0.39 is 5.91 Å². The first-order valence-electron chi connectivity index (χ1n) is 10.0. The SMILES string of the molecule is Cc1ccc(CSc2nnc(NC(=O)c3nc(SCc4cccc(C)c4)ncc3Cl)s2)cc1. The Balaban J connectivity index is 1.36. The smallest absolute Gasteiger partial charge is 0.277 e. The van der Waals surface area contributed by atoms with Crippen LogP contribution >= 0.6 is 46.5 Å². The zero-order chi connectivity index (χ0) is 23.2. The Bertz CT molecular complexity index is 1260. The summed E-state index contributed by atoms with van der Waals surface area (Å²) in [6, 6.07) is 16.6. The van der Waals surface area contributed by atoms with E-state index >= 15 is 0 Å². The first-order valence-corrected chi connectivity index (χ1v) is 13.2. The first-order chi connectivity index (χ1) is 16.0. The highest BCUT2D eigenvalue weighted by Crippen LogP contribution is 2.29. The van der Waals surface area contributed by atoms with Crippen LogP contribution in [0.1, 0.15) is 32.7 Å². The summed E-state index contributed by atoms with van der Waals surface area (Å²) in [7, 11) is 0. The number of anilines is 1. The van der Waals surface area contributed by atoms with Crippen molar-refractivity contribution in [3.05, 3.63) is 87.7 Å². The number of rotatable bonds is 8.